The first-order valence-corrected chi connectivity index (χ1v) is 17.5. The van der Waals surface area contributed by atoms with Crippen LogP contribution in [0.5, 0.6) is 11.5 Å². The molecule has 2 aromatic rings. The summed E-state index contributed by atoms with van der Waals surface area (Å²) >= 11 is 0. The molecular formula is C41H50N2O14. The third-order valence-corrected chi connectivity index (χ3v) is 7.93. The summed E-state index contributed by atoms with van der Waals surface area (Å²) in [4.78, 5) is 71.0. The molecular weight excluding hydrogens is 744 g/mol. The average molecular weight is 795 g/mol. The van der Waals surface area contributed by atoms with E-state index in [1.807, 2.05) is 24.3 Å². The van der Waals surface area contributed by atoms with Crippen molar-refractivity contribution in [2.45, 2.75) is 44.2 Å². The van der Waals surface area contributed by atoms with Crippen molar-refractivity contribution in [3.63, 3.8) is 0 Å². The first-order valence-electron chi connectivity index (χ1n) is 17.5. The van der Waals surface area contributed by atoms with Gasteiger partial charge in [0.05, 0.1) is 0 Å². The molecule has 0 aliphatic rings. The molecule has 57 heavy (non-hydrogen) atoms. The summed E-state index contributed by atoms with van der Waals surface area (Å²) < 4.78 is 42.0. The third kappa shape index (κ3) is 16.8. The van der Waals surface area contributed by atoms with Gasteiger partial charge in [-0.25, -0.2) is 28.8 Å². The van der Waals surface area contributed by atoms with Crippen LogP contribution >= 0.6 is 0 Å². The lowest BCUT2D eigenvalue weighted by molar-refractivity contribution is -0.146. The number of hydrogen-bond acceptors (Lipinski definition) is 14. The number of benzene rings is 2. The molecule has 0 radical (unpaired) electrons. The van der Waals surface area contributed by atoms with Crippen LogP contribution in [0.2, 0.25) is 0 Å². The molecule has 0 bridgehead atoms. The van der Waals surface area contributed by atoms with Crippen LogP contribution in [-0.2, 0) is 53.0 Å². The van der Waals surface area contributed by atoms with Crippen LogP contribution in [0.4, 0.5) is 9.59 Å². The highest BCUT2D eigenvalue weighted by Crippen LogP contribution is 2.33. The van der Waals surface area contributed by atoms with Gasteiger partial charge in [-0.05, 0) is 49.2 Å². The number of amides is 2. The highest BCUT2D eigenvalue weighted by Gasteiger charge is 2.32. The highest BCUT2D eigenvalue weighted by atomic mass is 16.6. The van der Waals surface area contributed by atoms with Crippen molar-refractivity contribution in [3.8, 4) is 11.5 Å². The van der Waals surface area contributed by atoms with Crippen LogP contribution < -0.4 is 20.1 Å². The number of hydrogen-bond donors (Lipinski definition) is 2. The van der Waals surface area contributed by atoms with Crippen molar-refractivity contribution in [2.24, 2.45) is 0 Å². The van der Waals surface area contributed by atoms with E-state index >= 15 is 0 Å². The Morgan fingerprint density at radius 2 is 0.754 bits per heavy atom. The number of carbonyl (C=O) groups is 6. The molecule has 0 saturated carbocycles. The lowest BCUT2D eigenvalue weighted by Crippen LogP contribution is -2.53. The highest BCUT2D eigenvalue weighted by molar-refractivity contribution is 5.82. The van der Waals surface area contributed by atoms with E-state index in [1.54, 1.807) is 24.3 Å². The largest absolute Gasteiger partial charge is 0.490 e. The molecule has 16 nitrogen and oxygen atoms in total. The Labute approximate surface area is 331 Å². The fourth-order valence-corrected chi connectivity index (χ4v) is 4.64. The van der Waals surface area contributed by atoms with Crippen molar-refractivity contribution in [2.75, 3.05) is 52.9 Å². The number of nitrogens with one attached hydrogen (secondary N) is 2. The second-order valence-corrected chi connectivity index (χ2v) is 13.3. The fraction of sp³-hybridized carbons (Fsp3) is 0.366. The Balaban J connectivity index is 1.85. The van der Waals surface area contributed by atoms with Crippen LogP contribution in [0, 0.1) is 0 Å². The van der Waals surface area contributed by atoms with E-state index < -0.39 is 52.6 Å². The van der Waals surface area contributed by atoms with E-state index in [0.29, 0.717) is 11.5 Å². The first kappa shape index (κ1) is 46.6. The van der Waals surface area contributed by atoms with Gasteiger partial charge in [0.1, 0.15) is 75.4 Å². The summed E-state index contributed by atoms with van der Waals surface area (Å²) in [5.74, 6) is -1.77. The molecule has 16 heteroatoms. The predicted octanol–water partition coefficient (Wildman–Crippen LogP) is 4.66. The van der Waals surface area contributed by atoms with Crippen LogP contribution in [-0.4, -0.2) is 100.0 Å². The molecule has 0 unspecified atom stereocenters. The third-order valence-electron chi connectivity index (χ3n) is 7.93. The number of alkyl carbamates (subject to hydrolysis) is 2. The lowest BCUT2D eigenvalue weighted by atomic mass is 9.78. The van der Waals surface area contributed by atoms with E-state index in [4.69, 9.17) is 37.9 Å². The normalized spacial score (nSPS) is 11.0. The van der Waals surface area contributed by atoms with Crippen molar-refractivity contribution < 1.29 is 66.7 Å². The summed E-state index contributed by atoms with van der Waals surface area (Å²) in [5, 5.41) is 5.07. The van der Waals surface area contributed by atoms with E-state index in [2.05, 4.69) is 50.8 Å². The minimum Gasteiger partial charge on any atom is -0.490 e. The van der Waals surface area contributed by atoms with Crippen molar-refractivity contribution in [3.05, 3.63) is 110 Å². The van der Waals surface area contributed by atoms with Gasteiger partial charge in [0.25, 0.3) is 0 Å². The molecule has 308 valence electrons. The lowest BCUT2D eigenvalue weighted by Gasteiger charge is -2.29. The monoisotopic (exact) mass is 794 g/mol. The smallest absolute Gasteiger partial charge is 0.407 e. The minimum absolute atomic E-state index is 0.0424. The van der Waals surface area contributed by atoms with Gasteiger partial charge in [0.15, 0.2) is 0 Å². The van der Waals surface area contributed by atoms with Crippen LogP contribution in [0.1, 0.15) is 38.8 Å². The Kier molecular flexibility index (Phi) is 18.6. The Bertz CT molecular complexity index is 1560. The summed E-state index contributed by atoms with van der Waals surface area (Å²) in [6.07, 6.45) is 2.17. The second-order valence-electron chi connectivity index (χ2n) is 13.3. The average Bonchev–Trinajstić information content (AvgIpc) is 3.20. The number of ether oxygens (including phenoxy) is 8. The van der Waals surface area contributed by atoms with Crippen molar-refractivity contribution >= 4 is 36.1 Å². The zero-order valence-corrected chi connectivity index (χ0v) is 32.6. The Morgan fingerprint density at radius 3 is 1.02 bits per heavy atom. The van der Waals surface area contributed by atoms with Gasteiger partial charge in [0.2, 0.25) is 0 Å². The quantitative estimate of drug-likeness (QED) is 0.0644. The maximum Gasteiger partial charge on any atom is 0.407 e. The molecule has 0 aliphatic heterocycles. The molecule has 0 aliphatic carbocycles. The molecule has 0 heterocycles. The number of esters is 4. The van der Waals surface area contributed by atoms with E-state index in [0.717, 1.165) is 35.4 Å². The predicted molar refractivity (Wildman–Crippen MR) is 206 cm³/mol. The molecule has 0 aromatic heterocycles. The zero-order valence-electron chi connectivity index (χ0n) is 32.6. The maximum atomic E-state index is 12.5. The second kappa shape index (κ2) is 22.7. The van der Waals surface area contributed by atoms with Gasteiger partial charge in [-0.2, -0.15) is 0 Å². The Hall–Kier alpha value is -6.58. The molecule has 0 atom stereocenters. The van der Waals surface area contributed by atoms with Gasteiger partial charge < -0.3 is 48.5 Å². The molecule has 2 N–H and O–H groups in total. The van der Waals surface area contributed by atoms with E-state index in [1.165, 1.54) is 13.8 Å². The zero-order chi connectivity index (χ0) is 42.5. The van der Waals surface area contributed by atoms with Crippen LogP contribution in [0.15, 0.2) is 99.2 Å². The maximum absolute atomic E-state index is 12.5. The Morgan fingerprint density at radius 1 is 0.474 bits per heavy atom. The van der Waals surface area contributed by atoms with Crippen molar-refractivity contribution in [1.82, 2.24) is 10.6 Å². The molecule has 2 rings (SSSR count). The molecule has 0 spiro atoms. The van der Waals surface area contributed by atoms with Gasteiger partial charge >= 0.3 is 36.1 Å². The van der Waals surface area contributed by atoms with Gasteiger partial charge in [-0.3, -0.25) is 0 Å². The van der Waals surface area contributed by atoms with Gasteiger partial charge in [-0.1, -0.05) is 64.4 Å². The SMILES string of the molecule is C=CC(=O)OCC(C)(COC(=O)C=C)NC(=O)OCCOc1ccc(C(C)(C)c2ccc(OCCOC(=O)NC(C)(COC(=O)C=C)COC(=O)C=C)cc2)cc1. The number of carbonyl (C=O) groups excluding carboxylic acids is 6. The topological polar surface area (TPSA) is 200 Å². The summed E-state index contributed by atoms with van der Waals surface area (Å²) in [5.41, 5.74) is -0.983. The molecule has 2 amide bonds. The molecule has 0 fully saturated rings. The summed E-state index contributed by atoms with van der Waals surface area (Å²) in [6.45, 7) is 19.0. The molecule has 2 aromatic carbocycles. The van der Waals surface area contributed by atoms with Crippen LogP contribution in [0.25, 0.3) is 0 Å². The summed E-state index contributed by atoms with van der Waals surface area (Å²) in [7, 11) is 0. The van der Waals surface area contributed by atoms with E-state index in [9.17, 15) is 28.8 Å². The first-order chi connectivity index (χ1) is 27.0. The van der Waals surface area contributed by atoms with E-state index in [-0.39, 0.29) is 52.9 Å². The fourth-order valence-electron chi connectivity index (χ4n) is 4.64. The standard InChI is InChI=1S/C41H50N2O14/c1-9-33(44)54-25-40(7,26-55-34(45)10-2)42-37(48)52-23-21-50-31-17-13-29(14-18-31)39(5,6)30-15-19-32(20-16-30)51-22-24-53-38(49)43-41(8,27-56-35(46)11-3)28-57-36(47)12-4/h9-20H,1-4,21-28H2,5-8H3,(H,42,48)(H,43,49). The van der Waals surface area contributed by atoms with Gasteiger partial charge in [0, 0.05) is 29.7 Å². The number of rotatable bonds is 24. The van der Waals surface area contributed by atoms with Crippen molar-refractivity contribution in [1.29, 1.82) is 0 Å². The molecule has 0 saturated heterocycles. The van der Waals surface area contributed by atoms with Gasteiger partial charge in [-0.15, -0.1) is 0 Å². The summed E-state index contributed by atoms with van der Waals surface area (Å²) in [6, 6.07) is 14.9. The minimum atomic E-state index is -1.29. The van der Waals surface area contributed by atoms with Crippen LogP contribution in [0.3, 0.4) is 0 Å².